The monoisotopic (exact) mass is 259 g/mol. The standard InChI is InChI=1S/C14H17N3O2/c1-2-19-14(18)16-13-15-9-12-11-6-4-3-5-10(11)7-8-17(12)13/h3-6,12H,2,7-9H2,1H3,(H,15,16,18). The molecule has 5 heteroatoms. The lowest BCUT2D eigenvalue weighted by Crippen LogP contribution is -2.45. The van der Waals surface area contributed by atoms with Crippen LogP contribution < -0.4 is 5.32 Å². The fraction of sp³-hybridized carbons (Fsp3) is 0.429. The third-order valence-corrected chi connectivity index (χ3v) is 3.59. The summed E-state index contributed by atoms with van der Waals surface area (Å²) in [6, 6.07) is 8.70. The summed E-state index contributed by atoms with van der Waals surface area (Å²) in [6.45, 7) is 3.73. The fourth-order valence-electron chi connectivity index (χ4n) is 2.74. The number of guanidine groups is 1. The highest BCUT2D eigenvalue weighted by Gasteiger charge is 2.34. The molecule has 0 aliphatic carbocycles. The fourth-order valence-corrected chi connectivity index (χ4v) is 2.74. The average Bonchev–Trinajstić information content (AvgIpc) is 2.82. The first-order valence-electron chi connectivity index (χ1n) is 6.62. The molecule has 0 saturated heterocycles. The Morgan fingerprint density at radius 3 is 3.21 bits per heavy atom. The van der Waals surface area contributed by atoms with Crippen molar-refractivity contribution in [3.8, 4) is 0 Å². The number of carbonyl (C=O) groups excluding carboxylic acids is 1. The van der Waals surface area contributed by atoms with Gasteiger partial charge in [0.25, 0.3) is 0 Å². The van der Waals surface area contributed by atoms with Crippen molar-refractivity contribution >= 4 is 12.1 Å². The number of alkyl carbamates (subject to hydrolysis) is 1. The lowest BCUT2D eigenvalue weighted by Gasteiger charge is -2.33. The summed E-state index contributed by atoms with van der Waals surface area (Å²) < 4.78 is 4.90. The van der Waals surface area contributed by atoms with Gasteiger partial charge in [-0.2, -0.15) is 0 Å². The molecular formula is C14H17N3O2. The maximum atomic E-state index is 11.5. The molecule has 3 rings (SSSR count). The zero-order valence-electron chi connectivity index (χ0n) is 10.9. The second-order valence-electron chi connectivity index (χ2n) is 4.67. The van der Waals surface area contributed by atoms with Gasteiger partial charge >= 0.3 is 6.09 Å². The molecule has 1 N–H and O–H groups in total. The Morgan fingerprint density at radius 2 is 2.37 bits per heavy atom. The first-order valence-corrected chi connectivity index (χ1v) is 6.62. The number of nitrogens with zero attached hydrogens (tertiary/aromatic N) is 2. The van der Waals surface area contributed by atoms with E-state index in [4.69, 9.17) is 4.74 Å². The van der Waals surface area contributed by atoms with Crippen molar-refractivity contribution in [2.45, 2.75) is 19.4 Å². The van der Waals surface area contributed by atoms with Crippen LogP contribution in [0.4, 0.5) is 4.79 Å². The van der Waals surface area contributed by atoms with Crippen LogP contribution in [-0.4, -0.2) is 36.6 Å². The van der Waals surface area contributed by atoms with E-state index in [9.17, 15) is 4.79 Å². The summed E-state index contributed by atoms with van der Waals surface area (Å²) in [6.07, 6.45) is 0.552. The molecule has 0 fully saturated rings. The summed E-state index contributed by atoms with van der Waals surface area (Å²) in [5, 5.41) is 2.72. The molecule has 2 aliphatic rings. The number of benzene rings is 1. The number of hydrogen-bond acceptors (Lipinski definition) is 4. The van der Waals surface area contributed by atoms with E-state index < -0.39 is 6.09 Å². The maximum Gasteiger partial charge on any atom is 0.413 e. The Morgan fingerprint density at radius 1 is 1.53 bits per heavy atom. The molecule has 5 nitrogen and oxygen atoms in total. The van der Waals surface area contributed by atoms with Crippen molar-refractivity contribution in [2.24, 2.45) is 4.99 Å². The smallest absolute Gasteiger partial charge is 0.413 e. The van der Waals surface area contributed by atoms with E-state index in [1.807, 2.05) is 0 Å². The molecule has 1 unspecified atom stereocenters. The SMILES string of the molecule is CCOC(=O)NC1=NCC2c3ccccc3CCN12. The van der Waals surface area contributed by atoms with Crippen molar-refractivity contribution in [1.82, 2.24) is 10.2 Å². The third-order valence-electron chi connectivity index (χ3n) is 3.59. The normalized spacial score (nSPS) is 20.4. The van der Waals surface area contributed by atoms with Gasteiger partial charge < -0.3 is 9.64 Å². The molecule has 0 bridgehead atoms. The van der Waals surface area contributed by atoms with E-state index in [0.717, 1.165) is 13.0 Å². The van der Waals surface area contributed by atoms with Crippen LogP contribution in [0.3, 0.4) is 0 Å². The predicted octanol–water partition coefficient (Wildman–Crippen LogP) is 1.70. The van der Waals surface area contributed by atoms with Crippen LogP contribution in [0.2, 0.25) is 0 Å². The minimum Gasteiger partial charge on any atom is -0.450 e. The molecular weight excluding hydrogens is 242 g/mol. The summed E-state index contributed by atoms with van der Waals surface area (Å²) >= 11 is 0. The highest BCUT2D eigenvalue weighted by Crippen LogP contribution is 2.32. The van der Waals surface area contributed by atoms with Gasteiger partial charge in [-0.05, 0) is 24.5 Å². The molecule has 0 spiro atoms. The number of hydrogen-bond donors (Lipinski definition) is 1. The van der Waals surface area contributed by atoms with Crippen molar-refractivity contribution in [2.75, 3.05) is 19.7 Å². The van der Waals surface area contributed by atoms with Gasteiger partial charge in [0.2, 0.25) is 5.96 Å². The minimum atomic E-state index is -0.430. The quantitative estimate of drug-likeness (QED) is 0.835. The lowest BCUT2D eigenvalue weighted by atomic mass is 9.93. The van der Waals surface area contributed by atoms with Crippen molar-refractivity contribution in [1.29, 1.82) is 0 Å². The third kappa shape index (κ3) is 2.16. The van der Waals surface area contributed by atoms with Gasteiger partial charge in [0.1, 0.15) is 0 Å². The Kier molecular flexibility index (Phi) is 3.11. The summed E-state index contributed by atoms with van der Waals surface area (Å²) in [5.41, 5.74) is 2.70. The molecule has 1 aromatic carbocycles. The van der Waals surface area contributed by atoms with Crippen molar-refractivity contribution < 1.29 is 9.53 Å². The zero-order valence-corrected chi connectivity index (χ0v) is 10.9. The number of ether oxygens (including phenoxy) is 1. The van der Waals surface area contributed by atoms with E-state index in [-0.39, 0.29) is 6.04 Å². The number of fused-ring (bicyclic) bond motifs is 3. The number of amides is 1. The summed E-state index contributed by atoms with van der Waals surface area (Å²) in [5.74, 6) is 0.637. The molecule has 0 saturated carbocycles. The number of nitrogens with one attached hydrogen (secondary N) is 1. The van der Waals surface area contributed by atoms with Crippen LogP contribution >= 0.6 is 0 Å². The number of aliphatic imine (C=N–C) groups is 1. The van der Waals surface area contributed by atoms with E-state index in [0.29, 0.717) is 19.1 Å². The number of carbonyl (C=O) groups is 1. The van der Waals surface area contributed by atoms with Gasteiger partial charge in [-0.15, -0.1) is 0 Å². The Bertz CT molecular complexity index is 527. The van der Waals surface area contributed by atoms with E-state index >= 15 is 0 Å². The predicted molar refractivity (Wildman–Crippen MR) is 72.1 cm³/mol. The average molecular weight is 259 g/mol. The maximum absolute atomic E-state index is 11.5. The van der Waals surface area contributed by atoms with Gasteiger partial charge in [0, 0.05) is 6.54 Å². The van der Waals surface area contributed by atoms with Crippen LogP contribution in [0.5, 0.6) is 0 Å². The van der Waals surface area contributed by atoms with Gasteiger partial charge in [0.15, 0.2) is 0 Å². The molecule has 100 valence electrons. The molecule has 0 radical (unpaired) electrons. The van der Waals surface area contributed by atoms with Crippen LogP contribution in [0.15, 0.2) is 29.3 Å². The highest BCUT2D eigenvalue weighted by molar-refractivity contribution is 5.95. The van der Waals surface area contributed by atoms with Crippen LogP contribution in [0, 0.1) is 0 Å². The zero-order chi connectivity index (χ0) is 13.2. The van der Waals surface area contributed by atoms with E-state index in [1.165, 1.54) is 11.1 Å². The largest absolute Gasteiger partial charge is 0.450 e. The van der Waals surface area contributed by atoms with Gasteiger partial charge in [-0.1, -0.05) is 24.3 Å². The topological polar surface area (TPSA) is 53.9 Å². The molecule has 1 amide bonds. The Balaban J connectivity index is 1.76. The second kappa shape index (κ2) is 4.91. The molecule has 2 heterocycles. The van der Waals surface area contributed by atoms with Gasteiger partial charge in [-0.3, -0.25) is 10.3 Å². The second-order valence-corrected chi connectivity index (χ2v) is 4.67. The van der Waals surface area contributed by atoms with E-state index in [2.05, 4.69) is 39.5 Å². The van der Waals surface area contributed by atoms with Crippen molar-refractivity contribution in [3.05, 3.63) is 35.4 Å². The summed E-state index contributed by atoms with van der Waals surface area (Å²) in [4.78, 5) is 18.1. The Labute approximate surface area is 112 Å². The molecule has 0 aromatic heterocycles. The number of rotatable bonds is 1. The Hall–Kier alpha value is -2.04. The molecule has 19 heavy (non-hydrogen) atoms. The first kappa shape index (κ1) is 12.0. The lowest BCUT2D eigenvalue weighted by molar-refractivity contribution is 0.156. The van der Waals surface area contributed by atoms with Crippen LogP contribution in [0.1, 0.15) is 24.1 Å². The van der Waals surface area contributed by atoms with Gasteiger partial charge in [-0.25, -0.2) is 4.79 Å². The van der Waals surface area contributed by atoms with Crippen LogP contribution in [0.25, 0.3) is 0 Å². The van der Waals surface area contributed by atoms with Crippen LogP contribution in [-0.2, 0) is 11.2 Å². The summed E-state index contributed by atoms with van der Waals surface area (Å²) in [7, 11) is 0. The highest BCUT2D eigenvalue weighted by atomic mass is 16.5. The van der Waals surface area contributed by atoms with Crippen molar-refractivity contribution in [3.63, 3.8) is 0 Å². The molecule has 1 atom stereocenters. The molecule has 2 aliphatic heterocycles. The molecule has 1 aromatic rings. The van der Waals surface area contributed by atoms with E-state index in [1.54, 1.807) is 6.92 Å². The van der Waals surface area contributed by atoms with Gasteiger partial charge in [0.05, 0.1) is 19.2 Å². The first-order chi connectivity index (χ1) is 9.29. The minimum absolute atomic E-state index is 0.252.